The van der Waals surface area contributed by atoms with Gasteiger partial charge in [-0.3, -0.25) is 5.01 Å². The third kappa shape index (κ3) is 2.61. The molecule has 3 heteroatoms. The van der Waals surface area contributed by atoms with Crippen LogP contribution in [0.1, 0.15) is 13.8 Å². The summed E-state index contributed by atoms with van der Waals surface area (Å²) in [6.07, 6.45) is 3.94. The SMILES string of the molecule is C=C(/C=N/N(CC)C1=CC1C)NC. The first-order chi connectivity index (χ1) is 6.19. The minimum atomic E-state index is 0.597. The molecule has 0 amide bonds. The molecule has 0 aromatic heterocycles. The van der Waals surface area contributed by atoms with Gasteiger partial charge in [0, 0.05) is 30.9 Å². The molecule has 0 fully saturated rings. The molecule has 1 unspecified atom stereocenters. The van der Waals surface area contributed by atoms with Gasteiger partial charge in [0.05, 0.1) is 6.21 Å². The van der Waals surface area contributed by atoms with Crippen LogP contribution in [0, 0.1) is 5.92 Å². The van der Waals surface area contributed by atoms with E-state index in [0.29, 0.717) is 5.92 Å². The van der Waals surface area contributed by atoms with Crippen molar-refractivity contribution in [3.05, 3.63) is 24.0 Å². The third-order valence-electron chi connectivity index (χ3n) is 2.05. The maximum Gasteiger partial charge on any atom is 0.0700 e. The van der Waals surface area contributed by atoms with Gasteiger partial charge in [-0.1, -0.05) is 19.6 Å². The standard InChI is InChI=1S/C10H17N3/c1-5-13(10-6-8(10)2)12-7-9(3)11-4/h6-8,11H,3,5H2,1-2,4H3/b12-7+. The molecule has 1 N–H and O–H groups in total. The average molecular weight is 179 g/mol. The molecule has 0 spiro atoms. The van der Waals surface area contributed by atoms with Crippen molar-refractivity contribution >= 4 is 6.21 Å². The van der Waals surface area contributed by atoms with Gasteiger partial charge in [-0.25, -0.2) is 0 Å². The van der Waals surface area contributed by atoms with Crippen molar-refractivity contribution in [2.24, 2.45) is 11.0 Å². The highest BCUT2D eigenvalue weighted by molar-refractivity contribution is 5.76. The summed E-state index contributed by atoms with van der Waals surface area (Å²) < 4.78 is 0. The number of nitrogens with zero attached hydrogens (tertiary/aromatic N) is 2. The lowest BCUT2D eigenvalue weighted by molar-refractivity contribution is 0.389. The molecule has 72 valence electrons. The van der Waals surface area contributed by atoms with Crippen LogP contribution in [0.25, 0.3) is 0 Å². The molecule has 0 aliphatic heterocycles. The Balaban J connectivity index is 2.45. The third-order valence-corrected chi connectivity index (χ3v) is 2.05. The highest BCUT2D eigenvalue weighted by Crippen LogP contribution is 2.31. The second-order valence-electron chi connectivity index (χ2n) is 3.12. The molecule has 0 heterocycles. The molecular formula is C10H17N3. The summed E-state index contributed by atoms with van der Waals surface area (Å²) in [4.78, 5) is 0. The molecule has 0 aromatic rings. The zero-order chi connectivity index (χ0) is 9.84. The summed E-state index contributed by atoms with van der Waals surface area (Å²) in [7, 11) is 1.84. The van der Waals surface area contributed by atoms with Gasteiger partial charge in [-0.05, 0) is 6.92 Å². The van der Waals surface area contributed by atoms with E-state index in [0.717, 1.165) is 12.2 Å². The van der Waals surface area contributed by atoms with Crippen LogP contribution in [-0.4, -0.2) is 24.8 Å². The molecule has 1 aliphatic carbocycles. The van der Waals surface area contributed by atoms with E-state index in [1.165, 1.54) is 5.70 Å². The molecular weight excluding hydrogens is 162 g/mol. The highest BCUT2D eigenvalue weighted by atomic mass is 15.5. The maximum atomic E-state index is 4.30. The zero-order valence-electron chi connectivity index (χ0n) is 8.54. The van der Waals surface area contributed by atoms with Crippen LogP contribution in [0.3, 0.4) is 0 Å². The molecule has 0 saturated carbocycles. The van der Waals surface area contributed by atoms with E-state index in [4.69, 9.17) is 0 Å². The Kier molecular flexibility index (Phi) is 3.12. The van der Waals surface area contributed by atoms with Gasteiger partial charge in [0.15, 0.2) is 0 Å². The Bertz CT molecular complexity index is 253. The lowest BCUT2D eigenvalue weighted by Crippen LogP contribution is -2.14. The molecule has 0 saturated heterocycles. The number of hydrazone groups is 1. The second-order valence-corrected chi connectivity index (χ2v) is 3.12. The van der Waals surface area contributed by atoms with Crippen molar-refractivity contribution in [1.82, 2.24) is 10.3 Å². The summed E-state index contributed by atoms with van der Waals surface area (Å²) in [6.45, 7) is 8.93. The van der Waals surface area contributed by atoms with Crippen molar-refractivity contribution in [2.75, 3.05) is 13.6 Å². The molecule has 0 aromatic carbocycles. The fourth-order valence-corrected chi connectivity index (χ4v) is 1.06. The van der Waals surface area contributed by atoms with Crippen molar-refractivity contribution in [1.29, 1.82) is 0 Å². The Morgan fingerprint density at radius 1 is 1.85 bits per heavy atom. The summed E-state index contributed by atoms with van der Waals surface area (Å²) in [5.41, 5.74) is 2.13. The number of hydrogen-bond acceptors (Lipinski definition) is 3. The Morgan fingerprint density at radius 3 is 2.85 bits per heavy atom. The van der Waals surface area contributed by atoms with Crippen molar-refractivity contribution in [2.45, 2.75) is 13.8 Å². The number of rotatable bonds is 5. The molecule has 3 nitrogen and oxygen atoms in total. The summed E-state index contributed by atoms with van der Waals surface area (Å²) in [6, 6.07) is 0. The first-order valence-electron chi connectivity index (χ1n) is 4.59. The van der Waals surface area contributed by atoms with Crippen LogP contribution in [-0.2, 0) is 0 Å². The number of allylic oxidation sites excluding steroid dienone is 3. The van der Waals surface area contributed by atoms with Crippen LogP contribution < -0.4 is 5.32 Å². The Labute approximate surface area is 79.8 Å². The molecule has 13 heavy (non-hydrogen) atoms. The lowest BCUT2D eigenvalue weighted by Gasteiger charge is -2.13. The van der Waals surface area contributed by atoms with E-state index in [9.17, 15) is 0 Å². The minimum absolute atomic E-state index is 0.597. The molecule has 1 rings (SSSR count). The Hall–Kier alpha value is -1.25. The predicted octanol–water partition coefficient (Wildman–Crippen LogP) is 1.56. The first kappa shape index (κ1) is 9.84. The normalized spacial score (nSPS) is 19.9. The van der Waals surface area contributed by atoms with E-state index in [1.807, 2.05) is 12.1 Å². The number of nitrogens with one attached hydrogen (secondary N) is 1. The van der Waals surface area contributed by atoms with Crippen LogP contribution >= 0.6 is 0 Å². The van der Waals surface area contributed by atoms with E-state index in [2.05, 4.69) is 36.9 Å². The number of hydrogen-bond donors (Lipinski definition) is 1. The van der Waals surface area contributed by atoms with Gasteiger partial charge < -0.3 is 5.32 Å². The van der Waals surface area contributed by atoms with Crippen molar-refractivity contribution < 1.29 is 0 Å². The van der Waals surface area contributed by atoms with Crippen LogP contribution in [0.15, 0.2) is 29.2 Å². The maximum absolute atomic E-state index is 4.30. The van der Waals surface area contributed by atoms with E-state index < -0.39 is 0 Å². The molecule has 0 radical (unpaired) electrons. The lowest BCUT2D eigenvalue weighted by atomic mass is 10.4. The monoisotopic (exact) mass is 179 g/mol. The van der Waals surface area contributed by atoms with E-state index >= 15 is 0 Å². The minimum Gasteiger partial charge on any atom is -0.387 e. The van der Waals surface area contributed by atoms with Gasteiger partial charge in [0.2, 0.25) is 0 Å². The smallest absolute Gasteiger partial charge is 0.0700 e. The van der Waals surface area contributed by atoms with Gasteiger partial charge in [-0.2, -0.15) is 5.10 Å². The average Bonchev–Trinajstić information content (AvgIpc) is 2.83. The molecule has 0 bridgehead atoms. The van der Waals surface area contributed by atoms with Crippen LogP contribution in [0.5, 0.6) is 0 Å². The summed E-state index contributed by atoms with van der Waals surface area (Å²) >= 11 is 0. The topological polar surface area (TPSA) is 27.6 Å². The second kappa shape index (κ2) is 4.12. The zero-order valence-corrected chi connectivity index (χ0v) is 8.54. The quantitative estimate of drug-likeness (QED) is 0.512. The summed E-state index contributed by atoms with van der Waals surface area (Å²) in [5, 5.41) is 9.22. The predicted molar refractivity (Wildman–Crippen MR) is 56.3 cm³/mol. The fourth-order valence-electron chi connectivity index (χ4n) is 1.06. The highest BCUT2D eigenvalue weighted by Gasteiger charge is 2.24. The van der Waals surface area contributed by atoms with E-state index in [1.54, 1.807) is 6.21 Å². The van der Waals surface area contributed by atoms with Gasteiger partial charge in [0.25, 0.3) is 0 Å². The van der Waals surface area contributed by atoms with Crippen LogP contribution in [0.4, 0.5) is 0 Å². The van der Waals surface area contributed by atoms with E-state index in [-0.39, 0.29) is 0 Å². The van der Waals surface area contributed by atoms with Gasteiger partial charge >= 0.3 is 0 Å². The summed E-state index contributed by atoms with van der Waals surface area (Å²) in [5.74, 6) is 0.597. The molecule has 1 atom stereocenters. The first-order valence-corrected chi connectivity index (χ1v) is 4.59. The fraction of sp³-hybridized carbons (Fsp3) is 0.500. The van der Waals surface area contributed by atoms with Crippen molar-refractivity contribution in [3.63, 3.8) is 0 Å². The van der Waals surface area contributed by atoms with Crippen molar-refractivity contribution in [3.8, 4) is 0 Å². The molecule has 1 aliphatic rings. The van der Waals surface area contributed by atoms with Gasteiger partial charge in [-0.15, -0.1) is 0 Å². The Morgan fingerprint density at radius 2 is 2.46 bits per heavy atom. The van der Waals surface area contributed by atoms with Gasteiger partial charge in [0.1, 0.15) is 0 Å². The largest absolute Gasteiger partial charge is 0.387 e. The van der Waals surface area contributed by atoms with Crippen LogP contribution in [0.2, 0.25) is 0 Å².